The maximum Gasteiger partial charge on any atom is -0.0129 e. The maximum atomic E-state index is 2.31. The molecule has 2 rings (SSSR count). The van der Waals surface area contributed by atoms with Crippen molar-refractivity contribution in [2.45, 2.75) is 27.2 Å². The molecule has 0 aromatic heterocycles. The predicted molar refractivity (Wildman–Crippen MR) is 62.3 cm³/mol. The first-order chi connectivity index (χ1) is 6.65. The van der Waals surface area contributed by atoms with Crippen LogP contribution >= 0.6 is 0 Å². The first-order valence-corrected chi connectivity index (χ1v) is 5.11. The van der Waals surface area contributed by atoms with Gasteiger partial charge in [0.1, 0.15) is 0 Å². The average molecular weight is 184 g/mol. The molecule has 0 radical (unpaired) electrons. The van der Waals surface area contributed by atoms with Gasteiger partial charge in [-0.2, -0.15) is 0 Å². The van der Waals surface area contributed by atoms with Gasteiger partial charge >= 0.3 is 0 Å². The maximum absolute atomic E-state index is 2.31. The Morgan fingerprint density at radius 2 is 1.57 bits per heavy atom. The fourth-order valence-corrected chi connectivity index (χ4v) is 2.00. The van der Waals surface area contributed by atoms with Gasteiger partial charge in [-0.05, 0) is 38.3 Å². The molecule has 0 unspecified atom stereocenters. The Kier molecular flexibility index (Phi) is 2.28. The minimum absolute atomic E-state index is 1.11. The van der Waals surface area contributed by atoms with Crippen LogP contribution in [0.1, 0.15) is 30.0 Å². The van der Waals surface area contributed by atoms with Crippen LogP contribution in [0.4, 0.5) is 0 Å². The molecular formula is C14H16. The fourth-order valence-electron chi connectivity index (χ4n) is 2.00. The molecule has 0 saturated heterocycles. The SMILES string of the molecule is CC1=CC(c2cc(C)cc(C)c2)=CC1. The van der Waals surface area contributed by atoms with Crippen molar-refractivity contribution in [2.24, 2.45) is 0 Å². The molecule has 0 spiro atoms. The largest absolute Gasteiger partial charge is 0.0726 e. The van der Waals surface area contributed by atoms with Gasteiger partial charge in [0.2, 0.25) is 0 Å². The number of hydrogen-bond acceptors (Lipinski definition) is 0. The van der Waals surface area contributed by atoms with Gasteiger partial charge in [0.05, 0.1) is 0 Å². The van der Waals surface area contributed by atoms with Gasteiger partial charge in [-0.25, -0.2) is 0 Å². The lowest BCUT2D eigenvalue weighted by molar-refractivity contribution is 1.25. The van der Waals surface area contributed by atoms with Gasteiger partial charge in [0.15, 0.2) is 0 Å². The highest BCUT2D eigenvalue weighted by Crippen LogP contribution is 2.27. The van der Waals surface area contributed by atoms with E-state index in [0.29, 0.717) is 0 Å². The summed E-state index contributed by atoms with van der Waals surface area (Å²) in [4.78, 5) is 0. The van der Waals surface area contributed by atoms with Gasteiger partial charge in [-0.1, -0.05) is 47.1 Å². The first-order valence-electron chi connectivity index (χ1n) is 5.11. The van der Waals surface area contributed by atoms with Gasteiger partial charge in [-0.3, -0.25) is 0 Å². The van der Waals surface area contributed by atoms with E-state index in [9.17, 15) is 0 Å². The third-order valence-electron chi connectivity index (χ3n) is 2.60. The van der Waals surface area contributed by atoms with Crippen LogP contribution in [0.15, 0.2) is 35.9 Å². The van der Waals surface area contributed by atoms with E-state index >= 15 is 0 Å². The molecule has 1 aliphatic carbocycles. The molecule has 0 amide bonds. The predicted octanol–water partition coefficient (Wildman–Crippen LogP) is 4.04. The van der Waals surface area contributed by atoms with Crippen molar-refractivity contribution < 1.29 is 0 Å². The van der Waals surface area contributed by atoms with Crippen LogP contribution in [-0.2, 0) is 0 Å². The summed E-state index contributed by atoms with van der Waals surface area (Å²) in [6, 6.07) is 6.73. The number of allylic oxidation sites excluding steroid dienone is 4. The van der Waals surface area contributed by atoms with Gasteiger partial charge < -0.3 is 0 Å². The summed E-state index contributed by atoms with van der Waals surface area (Å²) in [6.07, 6.45) is 5.71. The van der Waals surface area contributed by atoms with Crippen molar-refractivity contribution in [2.75, 3.05) is 0 Å². The second kappa shape index (κ2) is 3.45. The van der Waals surface area contributed by atoms with E-state index in [1.165, 1.54) is 27.8 Å². The zero-order valence-electron chi connectivity index (χ0n) is 9.09. The summed E-state index contributed by atoms with van der Waals surface area (Å²) >= 11 is 0. The molecule has 14 heavy (non-hydrogen) atoms. The van der Waals surface area contributed by atoms with E-state index in [1.54, 1.807) is 0 Å². The highest BCUT2D eigenvalue weighted by atomic mass is 14.1. The quantitative estimate of drug-likeness (QED) is 0.618. The van der Waals surface area contributed by atoms with Crippen molar-refractivity contribution in [1.29, 1.82) is 0 Å². The van der Waals surface area contributed by atoms with Crippen LogP contribution in [0, 0.1) is 13.8 Å². The Morgan fingerprint density at radius 3 is 2.07 bits per heavy atom. The van der Waals surface area contributed by atoms with E-state index in [0.717, 1.165) is 6.42 Å². The Morgan fingerprint density at radius 1 is 0.929 bits per heavy atom. The molecule has 0 heterocycles. The molecule has 0 fully saturated rings. The van der Waals surface area contributed by atoms with Crippen molar-refractivity contribution in [3.63, 3.8) is 0 Å². The summed E-state index contributed by atoms with van der Waals surface area (Å²) in [5, 5.41) is 0. The third-order valence-corrected chi connectivity index (χ3v) is 2.60. The molecule has 0 aliphatic heterocycles. The van der Waals surface area contributed by atoms with E-state index in [-0.39, 0.29) is 0 Å². The van der Waals surface area contributed by atoms with Crippen molar-refractivity contribution >= 4 is 5.57 Å². The molecule has 72 valence electrons. The lowest BCUT2D eigenvalue weighted by atomic mass is 10.0. The Bertz CT molecular complexity index is 399. The standard InChI is InChI=1S/C14H16/c1-10-4-5-13(7-10)14-8-11(2)6-12(3)9-14/h5-9H,4H2,1-3H3. The van der Waals surface area contributed by atoms with Crippen LogP contribution in [0.25, 0.3) is 5.57 Å². The smallest absolute Gasteiger partial charge is 0.0129 e. The molecule has 0 bridgehead atoms. The second-order valence-electron chi connectivity index (χ2n) is 4.23. The molecule has 1 aromatic rings. The third kappa shape index (κ3) is 1.79. The highest BCUT2D eigenvalue weighted by molar-refractivity contribution is 5.77. The van der Waals surface area contributed by atoms with Crippen molar-refractivity contribution in [3.05, 3.63) is 52.6 Å². The lowest BCUT2D eigenvalue weighted by Crippen LogP contribution is -1.84. The summed E-state index contributed by atoms with van der Waals surface area (Å²) in [6.45, 7) is 6.50. The molecular weight excluding hydrogens is 168 g/mol. The zero-order valence-corrected chi connectivity index (χ0v) is 9.09. The molecule has 0 atom stereocenters. The molecule has 0 saturated carbocycles. The number of benzene rings is 1. The average Bonchev–Trinajstić information content (AvgIpc) is 2.50. The Balaban J connectivity index is 2.42. The molecule has 1 aliphatic rings. The summed E-state index contributed by atoms with van der Waals surface area (Å²) in [5.41, 5.74) is 6.89. The number of aryl methyl sites for hydroxylation is 2. The number of hydrogen-bond donors (Lipinski definition) is 0. The van der Waals surface area contributed by atoms with E-state index in [4.69, 9.17) is 0 Å². The summed E-state index contributed by atoms with van der Waals surface area (Å²) in [7, 11) is 0. The molecule has 0 nitrogen and oxygen atoms in total. The lowest BCUT2D eigenvalue weighted by Gasteiger charge is -2.04. The van der Waals surface area contributed by atoms with Gasteiger partial charge in [0, 0.05) is 0 Å². The van der Waals surface area contributed by atoms with Crippen LogP contribution < -0.4 is 0 Å². The first kappa shape index (κ1) is 9.26. The Hall–Kier alpha value is -1.30. The van der Waals surface area contributed by atoms with Gasteiger partial charge in [0.25, 0.3) is 0 Å². The minimum Gasteiger partial charge on any atom is -0.0726 e. The van der Waals surface area contributed by atoms with E-state index < -0.39 is 0 Å². The molecule has 0 N–H and O–H groups in total. The van der Waals surface area contributed by atoms with E-state index in [1.807, 2.05) is 0 Å². The van der Waals surface area contributed by atoms with Gasteiger partial charge in [-0.15, -0.1) is 0 Å². The number of rotatable bonds is 1. The van der Waals surface area contributed by atoms with Crippen LogP contribution in [-0.4, -0.2) is 0 Å². The zero-order chi connectivity index (χ0) is 10.1. The van der Waals surface area contributed by atoms with Crippen LogP contribution in [0.3, 0.4) is 0 Å². The minimum atomic E-state index is 1.11. The summed E-state index contributed by atoms with van der Waals surface area (Å²) < 4.78 is 0. The van der Waals surface area contributed by atoms with Crippen LogP contribution in [0.2, 0.25) is 0 Å². The van der Waals surface area contributed by atoms with Crippen LogP contribution in [0.5, 0.6) is 0 Å². The van der Waals surface area contributed by atoms with Crippen molar-refractivity contribution in [3.8, 4) is 0 Å². The normalized spacial score (nSPS) is 15.4. The molecule has 0 heteroatoms. The highest BCUT2D eigenvalue weighted by Gasteiger charge is 2.05. The Labute approximate surface area is 86.0 Å². The van der Waals surface area contributed by atoms with Crippen molar-refractivity contribution in [1.82, 2.24) is 0 Å². The topological polar surface area (TPSA) is 0 Å². The van der Waals surface area contributed by atoms with E-state index in [2.05, 4.69) is 51.1 Å². The molecule has 1 aromatic carbocycles. The monoisotopic (exact) mass is 184 g/mol. The fraction of sp³-hybridized carbons (Fsp3) is 0.286. The second-order valence-corrected chi connectivity index (χ2v) is 4.23. The summed E-state index contributed by atoms with van der Waals surface area (Å²) in [5.74, 6) is 0.